The van der Waals surface area contributed by atoms with Gasteiger partial charge in [-0.25, -0.2) is 13.1 Å². The number of nitrogens with one attached hydrogen (secondary N) is 1. The Morgan fingerprint density at radius 3 is 2.44 bits per heavy atom. The lowest BCUT2D eigenvalue weighted by atomic mass is 10.4. The molecule has 0 spiro atoms. The van der Waals surface area contributed by atoms with E-state index in [2.05, 4.69) is 4.72 Å². The van der Waals surface area contributed by atoms with Crippen molar-refractivity contribution < 1.29 is 13.2 Å². The zero-order valence-electron chi connectivity index (χ0n) is 10.5. The highest BCUT2D eigenvalue weighted by Crippen LogP contribution is 2.13. The molecule has 0 unspecified atom stereocenters. The molecule has 0 saturated heterocycles. The van der Waals surface area contributed by atoms with E-state index in [0.717, 1.165) is 0 Å². The predicted octanol–water partition coefficient (Wildman–Crippen LogP) is 2.43. The van der Waals surface area contributed by atoms with E-state index in [1.54, 1.807) is 12.1 Å². The van der Waals surface area contributed by atoms with Gasteiger partial charge in [-0.1, -0.05) is 11.6 Å². The topological polar surface area (TPSA) is 55.4 Å². The molecule has 0 radical (unpaired) electrons. The van der Waals surface area contributed by atoms with E-state index in [0.29, 0.717) is 24.6 Å². The van der Waals surface area contributed by atoms with Crippen LogP contribution in [-0.4, -0.2) is 27.7 Å². The van der Waals surface area contributed by atoms with Gasteiger partial charge in [0.2, 0.25) is 10.0 Å². The maximum absolute atomic E-state index is 11.8. The number of hydrogen-bond acceptors (Lipinski definition) is 3. The van der Waals surface area contributed by atoms with Crippen molar-refractivity contribution >= 4 is 21.6 Å². The van der Waals surface area contributed by atoms with Crippen LogP contribution in [0.5, 0.6) is 0 Å². The first-order valence-corrected chi connectivity index (χ1v) is 7.65. The summed E-state index contributed by atoms with van der Waals surface area (Å²) in [7, 11) is -3.44. The molecule has 0 aromatic heterocycles. The summed E-state index contributed by atoms with van der Waals surface area (Å²) >= 11 is 5.71. The van der Waals surface area contributed by atoms with Crippen LogP contribution in [0.2, 0.25) is 5.02 Å². The van der Waals surface area contributed by atoms with Crippen molar-refractivity contribution in [2.45, 2.75) is 31.3 Å². The highest BCUT2D eigenvalue weighted by atomic mass is 35.5. The second-order valence-corrected chi connectivity index (χ2v) is 6.33. The van der Waals surface area contributed by atoms with Crippen molar-refractivity contribution in [1.29, 1.82) is 0 Å². The Balaban J connectivity index is 2.43. The molecule has 1 aromatic carbocycles. The highest BCUT2D eigenvalue weighted by molar-refractivity contribution is 7.89. The van der Waals surface area contributed by atoms with Gasteiger partial charge in [0.1, 0.15) is 0 Å². The normalized spacial score (nSPS) is 12.0. The fraction of sp³-hybridized carbons (Fsp3) is 0.500. The van der Waals surface area contributed by atoms with E-state index < -0.39 is 10.0 Å². The molecule has 0 bridgehead atoms. The van der Waals surface area contributed by atoms with Crippen molar-refractivity contribution in [2.24, 2.45) is 0 Å². The molecule has 4 nitrogen and oxygen atoms in total. The van der Waals surface area contributed by atoms with Crippen LogP contribution in [0.1, 0.15) is 20.3 Å². The highest BCUT2D eigenvalue weighted by Gasteiger charge is 2.12. The molecule has 0 aliphatic heterocycles. The van der Waals surface area contributed by atoms with Gasteiger partial charge in [0.25, 0.3) is 0 Å². The second-order valence-electron chi connectivity index (χ2n) is 4.12. The lowest BCUT2D eigenvalue weighted by Gasteiger charge is -2.09. The van der Waals surface area contributed by atoms with Crippen molar-refractivity contribution in [3.8, 4) is 0 Å². The molecule has 1 N–H and O–H groups in total. The van der Waals surface area contributed by atoms with Crippen LogP contribution >= 0.6 is 11.6 Å². The molecule has 0 aliphatic rings. The van der Waals surface area contributed by atoms with Crippen LogP contribution in [0, 0.1) is 0 Å². The maximum Gasteiger partial charge on any atom is 0.240 e. The lowest BCUT2D eigenvalue weighted by Crippen LogP contribution is -2.25. The molecule has 0 aliphatic carbocycles. The average Bonchev–Trinajstić information content (AvgIpc) is 2.28. The van der Waals surface area contributed by atoms with Crippen LogP contribution in [0.4, 0.5) is 0 Å². The first-order valence-electron chi connectivity index (χ1n) is 5.78. The quantitative estimate of drug-likeness (QED) is 0.785. The number of sulfonamides is 1. The number of ether oxygens (including phenoxy) is 1. The van der Waals surface area contributed by atoms with E-state index in [9.17, 15) is 8.42 Å². The summed E-state index contributed by atoms with van der Waals surface area (Å²) in [6, 6.07) is 6.07. The summed E-state index contributed by atoms with van der Waals surface area (Å²) in [4.78, 5) is 0.219. The van der Waals surface area contributed by atoms with Crippen molar-refractivity contribution in [3.63, 3.8) is 0 Å². The molecule has 1 aromatic rings. The molecule has 0 amide bonds. The van der Waals surface area contributed by atoms with Gasteiger partial charge in [-0.2, -0.15) is 0 Å². The van der Waals surface area contributed by atoms with Crippen molar-refractivity contribution in [1.82, 2.24) is 4.72 Å². The Morgan fingerprint density at radius 1 is 1.28 bits per heavy atom. The summed E-state index contributed by atoms with van der Waals surface area (Å²) in [5.41, 5.74) is 0. The minimum absolute atomic E-state index is 0.165. The van der Waals surface area contributed by atoms with Crippen LogP contribution in [0.15, 0.2) is 29.2 Å². The van der Waals surface area contributed by atoms with E-state index in [1.165, 1.54) is 12.1 Å². The Labute approximate surface area is 113 Å². The van der Waals surface area contributed by atoms with Crippen LogP contribution < -0.4 is 4.72 Å². The first-order chi connectivity index (χ1) is 8.42. The number of rotatable bonds is 7. The number of halogens is 1. The standard InChI is InChI=1S/C12H18ClNO3S/c1-10(2)17-9-3-8-14-18(15,16)12-6-4-11(13)5-7-12/h4-7,10,14H,3,8-9H2,1-2H3. The monoisotopic (exact) mass is 291 g/mol. The molecule has 0 atom stereocenters. The van der Waals surface area contributed by atoms with Crippen LogP contribution in [-0.2, 0) is 14.8 Å². The van der Waals surface area contributed by atoms with Gasteiger partial charge in [-0.15, -0.1) is 0 Å². The van der Waals surface area contributed by atoms with Gasteiger partial charge >= 0.3 is 0 Å². The molecule has 102 valence electrons. The third-order valence-corrected chi connectivity index (χ3v) is 3.92. The molecule has 18 heavy (non-hydrogen) atoms. The largest absolute Gasteiger partial charge is 0.379 e. The molecule has 0 heterocycles. The summed E-state index contributed by atoms with van der Waals surface area (Å²) in [6.45, 7) is 4.79. The number of benzene rings is 1. The Bertz CT molecular complexity index is 457. The van der Waals surface area contributed by atoms with Crippen LogP contribution in [0.3, 0.4) is 0 Å². The van der Waals surface area contributed by atoms with Gasteiger partial charge < -0.3 is 4.74 Å². The molecule has 0 fully saturated rings. The van der Waals surface area contributed by atoms with E-state index >= 15 is 0 Å². The zero-order valence-corrected chi connectivity index (χ0v) is 12.1. The predicted molar refractivity (Wildman–Crippen MR) is 72.3 cm³/mol. The first kappa shape index (κ1) is 15.4. The number of hydrogen-bond donors (Lipinski definition) is 1. The Morgan fingerprint density at radius 2 is 1.89 bits per heavy atom. The second kappa shape index (κ2) is 7.09. The van der Waals surface area contributed by atoms with Gasteiger partial charge in [0.05, 0.1) is 11.0 Å². The summed E-state index contributed by atoms with van der Waals surface area (Å²) < 4.78 is 31.5. The maximum atomic E-state index is 11.8. The van der Waals surface area contributed by atoms with Crippen molar-refractivity contribution in [2.75, 3.05) is 13.2 Å². The fourth-order valence-electron chi connectivity index (χ4n) is 1.29. The van der Waals surface area contributed by atoms with Gasteiger partial charge in [0, 0.05) is 18.2 Å². The summed E-state index contributed by atoms with van der Waals surface area (Å²) in [6.07, 6.45) is 0.809. The van der Waals surface area contributed by atoms with Crippen LogP contribution in [0.25, 0.3) is 0 Å². The van der Waals surface area contributed by atoms with Gasteiger partial charge in [0.15, 0.2) is 0 Å². The third kappa shape index (κ3) is 5.35. The molecule has 6 heteroatoms. The Kier molecular flexibility index (Phi) is 6.08. The van der Waals surface area contributed by atoms with E-state index in [1.807, 2.05) is 13.8 Å². The van der Waals surface area contributed by atoms with Gasteiger partial charge in [-0.3, -0.25) is 0 Å². The minimum Gasteiger partial charge on any atom is -0.379 e. The lowest BCUT2D eigenvalue weighted by molar-refractivity contribution is 0.0778. The average molecular weight is 292 g/mol. The minimum atomic E-state index is -3.44. The zero-order chi connectivity index (χ0) is 13.6. The summed E-state index contributed by atoms with van der Waals surface area (Å²) in [5.74, 6) is 0. The Hall–Kier alpha value is -0.620. The smallest absolute Gasteiger partial charge is 0.240 e. The summed E-state index contributed by atoms with van der Waals surface area (Å²) in [5, 5.41) is 0.513. The van der Waals surface area contributed by atoms with E-state index in [4.69, 9.17) is 16.3 Å². The van der Waals surface area contributed by atoms with Gasteiger partial charge in [-0.05, 0) is 44.5 Å². The molecular formula is C12H18ClNO3S. The SMILES string of the molecule is CC(C)OCCCNS(=O)(=O)c1ccc(Cl)cc1. The molecule has 0 saturated carbocycles. The van der Waals surface area contributed by atoms with Crippen molar-refractivity contribution in [3.05, 3.63) is 29.3 Å². The molecule has 1 rings (SSSR count). The van der Waals surface area contributed by atoms with E-state index in [-0.39, 0.29) is 11.0 Å². The fourth-order valence-corrected chi connectivity index (χ4v) is 2.49. The third-order valence-electron chi connectivity index (χ3n) is 2.19. The molecular weight excluding hydrogens is 274 g/mol.